The Bertz CT molecular complexity index is 316. The van der Waals surface area contributed by atoms with Crippen molar-refractivity contribution in [1.29, 1.82) is 0 Å². The Labute approximate surface area is 115 Å². The van der Waals surface area contributed by atoms with Gasteiger partial charge in [-0.15, -0.1) is 0 Å². The fraction of sp³-hybridized carbons (Fsp3) is 0.929. The average Bonchev–Trinajstić information content (AvgIpc) is 2.59. The topological polar surface area (TPSA) is 29.5 Å². The molecular formula is C14H25NO2S. The Kier molecular flexibility index (Phi) is 3.86. The van der Waals surface area contributed by atoms with Crippen LogP contribution in [-0.4, -0.2) is 40.2 Å². The highest BCUT2D eigenvalue weighted by atomic mass is 32.2. The van der Waals surface area contributed by atoms with E-state index >= 15 is 0 Å². The van der Waals surface area contributed by atoms with Gasteiger partial charge in [0.2, 0.25) is 0 Å². The summed E-state index contributed by atoms with van der Waals surface area (Å²) in [7, 11) is 0. The standard InChI is InChI=1S/C14H25NO2S/c1-11-5-10-18-14(11)6-8-15(9-7-14)12(16)17-13(2,3)4/h11H,5-10H2,1-4H3. The Hall–Kier alpha value is -0.380. The number of carbonyl (C=O) groups excluding carboxylic acids is 1. The van der Waals surface area contributed by atoms with Crippen molar-refractivity contribution in [1.82, 2.24) is 4.90 Å². The lowest BCUT2D eigenvalue weighted by atomic mass is 9.83. The predicted octanol–water partition coefficient (Wildman–Crippen LogP) is 3.53. The van der Waals surface area contributed by atoms with Gasteiger partial charge in [0, 0.05) is 17.8 Å². The number of hydrogen-bond acceptors (Lipinski definition) is 3. The third kappa shape index (κ3) is 2.95. The number of likely N-dealkylation sites (tertiary alicyclic amines) is 1. The lowest BCUT2D eigenvalue weighted by Gasteiger charge is -2.41. The van der Waals surface area contributed by atoms with Crippen LogP contribution in [0.4, 0.5) is 4.79 Å². The van der Waals surface area contributed by atoms with Gasteiger partial charge in [-0.05, 0) is 51.7 Å². The first-order chi connectivity index (χ1) is 8.32. The molecule has 1 atom stereocenters. The van der Waals surface area contributed by atoms with E-state index in [1.54, 1.807) is 0 Å². The molecule has 2 fully saturated rings. The van der Waals surface area contributed by atoms with Crippen LogP contribution in [0.1, 0.15) is 47.0 Å². The summed E-state index contributed by atoms with van der Waals surface area (Å²) in [4.78, 5) is 13.9. The number of hydrogen-bond donors (Lipinski definition) is 0. The number of carbonyl (C=O) groups is 1. The van der Waals surface area contributed by atoms with Crippen LogP contribution in [0.15, 0.2) is 0 Å². The van der Waals surface area contributed by atoms with Gasteiger partial charge in [-0.25, -0.2) is 4.79 Å². The van der Waals surface area contributed by atoms with Gasteiger partial charge in [0.05, 0.1) is 0 Å². The van der Waals surface area contributed by atoms with E-state index in [1.165, 1.54) is 12.2 Å². The van der Waals surface area contributed by atoms with Crippen molar-refractivity contribution in [3.63, 3.8) is 0 Å². The van der Waals surface area contributed by atoms with Crippen molar-refractivity contribution in [2.45, 2.75) is 57.3 Å². The molecule has 0 saturated carbocycles. The smallest absolute Gasteiger partial charge is 0.410 e. The molecule has 0 bridgehead atoms. The molecule has 2 heterocycles. The first-order valence-corrected chi connectivity index (χ1v) is 7.93. The predicted molar refractivity (Wildman–Crippen MR) is 76.0 cm³/mol. The Morgan fingerprint density at radius 1 is 1.33 bits per heavy atom. The van der Waals surface area contributed by atoms with Crippen molar-refractivity contribution in [3.05, 3.63) is 0 Å². The molecule has 3 nitrogen and oxygen atoms in total. The largest absolute Gasteiger partial charge is 0.444 e. The van der Waals surface area contributed by atoms with Gasteiger partial charge in [-0.1, -0.05) is 6.92 Å². The van der Waals surface area contributed by atoms with Gasteiger partial charge in [0.25, 0.3) is 0 Å². The van der Waals surface area contributed by atoms with Crippen LogP contribution in [0.3, 0.4) is 0 Å². The molecular weight excluding hydrogens is 246 g/mol. The maximum absolute atomic E-state index is 12.0. The highest BCUT2D eigenvalue weighted by Gasteiger charge is 2.44. The van der Waals surface area contributed by atoms with Crippen molar-refractivity contribution in [2.75, 3.05) is 18.8 Å². The Balaban J connectivity index is 1.89. The van der Waals surface area contributed by atoms with Gasteiger partial charge < -0.3 is 9.64 Å². The lowest BCUT2D eigenvalue weighted by Crippen LogP contribution is -2.47. The fourth-order valence-corrected chi connectivity index (χ4v) is 4.63. The Morgan fingerprint density at radius 2 is 1.94 bits per heavy atom. The number of nitrogens with zero attached hydrogens (tertiary/aromatic N) is 1. The van der Waals surface area contributed by atoms with Crippen molar-refractivity contribution in [2.24, 2.45) is 5.92 Å². The molecule has 0 radical (unpaired) electrons. The van der Waals surface area contributed by atoms with Crippen LogP contribution in [0.25, 0.3) is 0 Å². The highest BCUT2D eigenvalue weighted by Crippen LogP contribution is 2.49. The van der Waals surface area contributed by atoms with Crippen molar-refractivity contribution < 1.29 is 9.53 Å². The summed E-state index contributed by atoms with van der Waals surface area (Å²) in [5, 5.41) is 0. The quantitative estimate of drug-likeness (QED) is 0.675. The second-order valence-electron chi connectivity index (χ2n) is 6.57. The first-order valence-electron chi connectivity index (χ1n) is 6.94. The van der Waals surface area contributed by atoms with Crippen LogP contribution in [-0.2, 0) is 4.74 Å². The summed E-state index contributed by atoms with van der Waals surface area (Å²) in [5.41, 5.74) is -0.387. The van der Waals surface area contributed by atoms with Crippen LogP contribution in [0, 0.1) is 5.92 Å². The second kappa shape index (κ2) is 4.95. The molecule has 2 saturated heterocycles. The van der Waals surface area contributed by atoms with E-state index in [4.69, 9.17) is 4.74 Å². The lowest BCUT2D eigenvalue weighted by molar-refractivity contribution is 0.0184. The van der Waals surface area contributed by atoms with Crippen LogP contribution < -0.4 is 0 Å². The summed E-state index contributed by atoms with van der Waals surface area (Å²) < 4.78 is 5.88. The molecule has 2 aliphatic rings. The van der Waals surface area contributed by atoms with Gasteiger partial charge in [-0.2, -0.15) is 11.8 Å². The molecule has 1 amide bonds. The van der Waals surface area contributed by atoms with Gasteiger partial charge in [0.15, 0.2) is 0 Å². The zero-order valence-corrected chi connectivity index (χ0v) is 12.8. The molecule has 18 heavy (non-hydrogen) atoms. The minimum atomic E-state index is -0.387. The van der Waals surface area contributed by atoms with Crippen LogP contribution in [0.2, 0.25) is 0 Å². The highest BCUT2D eigenvalue weighted by molar-refractivity contribution is 8.00. The minimum Gasteiger partial charge on any atom is -0.444 e. The molecule has 1 spiro atoms. The third-order valence-electron chi connectivity index (χ3n) is 4.10. The average molecular weight is 271 g/mol. The zero-order chi connectivity index (χ0) is 13.4. The van der Waals surface area contributed by atoms with Crippen molar-refractivity contribution >= 4 is 17.9 Å². The van der Waals surface area contributed by atoms with Crippen LogP contribution >= 0.6 is 11.8 Å². The third-order valence-corrected chi connectivity index (χ3v) is 5.93. The SMILES string of the molecule is CC1CCSC12CCN(C(=O)OC(C)(C)C)CC2. The number of ether oxygens (including phenoxy) is 1. The van der Waals surface area contributed by atoms with E-state index in [0.29, 0.717) is 4.75 Å². The molecule has 0 aromatic carbocycles. The maximum atomic E-state index is 12.0. The minimum absolute atomic E-state index is 0.145. The molecule has 2 rings (SSSR count). The van der Waals surface area contributed by atoms with E-state index < -0.39 is 0 Å². The van der Waals surface area contributed by atoms with E-state index in [2.05, 4.69) is 18.7 Å². The summed E-state index contributed by atoms with van der Waals surface area (Å²) in [6.45, 7) is 9.84. The van der Waals surface area contributed by atoms with E-state index in [-0.39, 0.29) is 11.7 Å². The number of piperidine rings is 1. The van der Waals surface area contributed by atoms with Crippen LogP contribution in [0.5, 0.6) is 0 Å². The number of amides is 1. The molecule has 4 heteroatoms. The zero-order valence-electron chi connectivity index (χ0n) is 12.0. The van der Waals surface area contributed by atoms with Gasteiger partial charge in [-0.3, -0.25) is 0 Å². The molecule has 0 aliphatic carbocycles. The monoisotopic (exact) mass is 271 g/mol. The van der Waals surface area contributed by atoms with E-state index in [9.17, 15) is 4.79 Å². The molecule has 2 aliphatic heterocycles. The van der Waals surface area contributed by atoms with E-state index in [1.807, 2.05) is 25.7 Å². The normalized spacial score (nSPS) is 27.6. The number of rotatable bonds is 0. The first kappa shape index (κ1) is 14.0. The Morgan fingerprint density at radius 3 is 2.39 bits per heavy atom. The maximum Gasteiger partial charge on any atom is 0.410 e. The van der Waals surface area contributed by atoms with Crippen molar-refractivity contribution in [3.8, 4) is 0 Å². The summed E-state index contributed by atoms with van der Waals surface area (Å²) in [5.74, 6) is 2.08. The molecule has 1 unspecified atom stereocenters. The molecule has 0 aromatic rings. The molecule has 0 aromatic heterocycles. The summed E-state index contributed by atoms with van der Waals surface area (Å²) in [6, 6.07) is 0. The fourth-order valence-electron chi connectivity index (χ4n) is 2.88. The summed E-state index contributed by atoms with van der Waals surface area (Å²) in [6.07, 6.45) is 3.43. The molecule has 104 valence electrons. The van der Waals surface area contributed by atoms with E-state index in [0.717, 1.165) is 31.8 Å². The second-order valence-corrected chi connectivity index (χ2v) is 8.08. The van der Waals surface area contributed by atoms with Gasteiger partial charge in [0.1, 0.15) is 5.60 Å². The van der Waals surface area contributed by atoms with Gasteiger partial charge >= 0.3 is 6.09 Å². The summed E-state index contributed by atoms with van der Waals surface area (Å²) >= 11 is 2.12. The molecule has 0 N–H and O–H groups in total. The number of thioether (sulfide) groups is 1.